The molecule has 2 N–H and O–H groups in total. The monoisotopic (exact) mass is 398 g/mol. The number of benzene rings is 1. The van der Waals surface area contributed by atoms with E-state index in [9.17, 15) is 19.8 Å². The molecule has 1 aromatic carbocycles. The number of carbonyl (C=O) groups excluding carboxylic acids is 1. The van der Waals surface area contributed by atoms with Crippen molar-refractivity contribution in [2.75, 3.05) is 4.90 Å². The molecule has 1 fully saturated rings. The summed E-state index contributed by atoms with van der Waals surface area (Å²) in [6.45, 7) is 1.77. The van der Waals surface area contributed by atoms with Crippen LogP contribution in [0.25, 0.3) is 10.4 Å². The van der Waals surface area contributed by atoms with Crippen LogP contribution in [0.1, 0.15) is 54.3 Å². The van der Waals surface area contributed by atoms with Crippen LogP contribution >= 0.6 is 11.3 Å². The molecule has 2 aromatic rings. The molecular formula is C21H22N2O4S. The number of aliphatic hydroxyl groups excluding tert-OH is 1. The van der Waals surface area contributed by atoms with Crippen molar-refractivity contribution in [3.8, 4) is 16.5 Å². The van der Waals surface area contributed by atoms with Crippen LogP contribution in [0, 0.1) is 11.3 Å². The van der Waals surface area contributed by atoms with Crippen LogP contribution in [0.5, 0.6) is 0 Å². The second kappa shape index (κ2) is 8.55. The molecule has 146 valence electrons. The molecule has 28 heavy (non-hydrogen) atoms. The Morgan fingerprint density at radius 1 is 1.21 bits per heavy atom. The summed E-state index contributed by atoms with van der Waals surface area (Å²) in [6.07, 6.45) is 2.42. The van der Waals surface area contributed by atoms with E-state index in [-0.39, 0.29) is 29.4 Å². The zero-order valence-electron chi connectivity index (χ0n) is 15.6. The molecule has 0 atom stereocenters. The Hall–Kier alpha value is -2.69. The van der Waals surface area contributed by atoms with Crippen molar-refractivity contribution in [2.24, 2.45) is 0 Å². The Bertz CT molecular complexity index is 905. The van der Waals surface area contributed by atoms with E-state index in [2.05, 4.69) is 6.07 Å². The van der Waals surface area contributed by atoms with E-state index in [4.69, 9.17) is 5.26 Å². The van der Waals surface area contributed by atoms with E-state index >= 15 is 0 Å². The molecule has 1 amide bonds. The van der Waals surface area contributed by atoms with E-state index in [1.165, 1.54) is 0 Å². The van der Waals surface area contributed by atoms with Gasteiger partial charge in [0.2, 0.25) is 5.91 Å². The molecule has 1 aliphatic rings. The molecule has 0 bridgehead atoms. The van der Waals surface area contributed by atoms with E-state index in [1.54, 1.807) is 42.2 Å². The molecular weight excluding hydrogens is 376 g/mol. The molecule has 0 radical (unpaired) electrons. The number of nitriles is 1. The third-order valence-corrected chi connectivity index (χ3v) is 6.23. The van der Waals surface area contributed by atoms with Crippen molar-refractivity contribution in [2.45, 2.75) is 51.2 Å². The fourth-order valence-electron chi connectivity index (χ4n) is 3.59. The number of aliphatic hydroxyl groups is 1. The smallest absolute Gasteiger partial charge is 0.348 e. The van der Waals surface area contributed by atoms with Gasteiger partial charge >= 0.3 is 5.97 Å². The van der Waals surface area contributed by atoms with Crippen molar-refractivity contribution >= 4 is 28.9 Å². The molecule has 0 aliphatic heterocycles. The highest BCUT2D eigenvalue weighted by molar-refractivity contribution is 7.18. The summed E-state index contributed by atoms with van der Waals surface area (Å²) in [5.74, 6) is -1.18. The normalized spacial score (nSPS) is 19.0. The molecule has 0 saturated heterocycles. The summed E-state index contributed by atoms with van der Waals surface area (Å²) in [5, 5.41) is 28.5. The van der Waals surface area contributed by atoms with E-state index in [0.29, 0.717) is 36.9 Å². The van der Waals surface area contributed by atoms with Crippen LogP contribution < -0.4 is 4.90 Å². The van der Waals surface area contributed by atoms with Gasteiger partial charge in [-0.1, -0.05) is 19.1 Å². The lowest BCUT2D eigenvalue weighted by Crippen LogP contribution is -2.43. The highest BCUT2D eigenvalue weighted by atomic mass is 32.1. The van der Waals surface area contributed by atoms with Crippen molar-refractivity contribution < 1.29 is 19.8 Å². The van der Waals surface area contributed by atoms with Gasteiger partial charge in [-0.25, -0.2) is 4.79 Å². The van der Waals surface area contributed by atoms with Gasteiger partial charge < -0.3 is 15.1 Å². The van der Waals surface area contributed by atoms with Gasteiger partial charge in [-0.15, -0.1) is 11.3 Å². The lowest BCUT2D eigenvalue weighted by atomic mass is 9.91. The Labute approximate surface area is 167 Å². The van der Waals surface area contributed by atoms with Gasteiger partial charge in [0.15, 0.2) is 0 Å². The molecule has 1 aliphatic carbocycles. The summed E-state index contributed by atoms with van der Waals surface area (Å²) in [7, 11) is 0. The number of rotatable bonds is 5. The summed E-state index contributed by atoms with van der Waals surface area (Å²) < 4.78 is 0. The van der Waals surface area contributed by atoms with Gasteiger partial charge in [-0.2, -0.15) is 5.26 Å². The molecule has 1 saturated carbocycles. The fraction of sp³-hybridized carbons (Fsp3) is 0.381. The number of carboxylic acid groups (broad SMARTS) is 1. The Kier molecular flexibility index (Phi) is 6.12. The number of hydrogen-bond donors (Lipinski definition) is 2. The molecule has 0 unspecified atom stereocenters. The maximum absolute atomic E-state index is 12.7. The number of carboxylic acids is 1. The third kappa shape index (κ3) is 4.08. The summed E-state index contributed by atoms with van der Waals surface area (Å²) in [6, 6.07) is 10.6. The highest BCUT2D eigenvalue weighted by Gasteiger charge is 2.32. The van der Waals surface area contributed by atoms with Crippen LogP contribution in [0.2, 0.25) is 0 Å². The summed E-state index contributed by atoms with van der Waals surface area (Å²) in [4.78, 5) is 27.1. The predicted molar refractivity (Wildman–Crippen MR) is 107 cm³/mol. The average molecular weight is 398 g/mol. The van der Waals surface area contributed by atoms with Gasteiger partial charge in [0.1, 0.15) is 4.88 Å². The van der Waals surface area contributed by atoms with Gasteiger partial charge in [-0.05, 0) is 49.4 Å². The van der Waals surface area contributed by atoms with Crippen molar-refractivity contribution in [3.63, 3.8) is 0 Å². The topological polar surface area (TPSA) is 102 Å². The van der Waals surface area contributed by atoms with Crippen LogP contribution in [0.15, 0.2) is 30.3 Å². The fourth-order valence-corrected chi connectivity index (χ4v) is 4.58. The maximum Gasteiger partial charge on any atom is 0.348 e. The zero-order valence-corrected chi connectivity index (χ0v) is 16.4. The van der Waals surface area contributed by atoms with E-state index in [1.807, 2.05) is 0 Å². The van der Waals surface area contributed by atoms with E-state index < -0.39 is 5.97 Å². The van der Waals surface area contributed by atoms with Crippen LogP contribution in [0.4, 0.5) is 5.69 Å². The lowest BCUT2D eigenvalue weighted by Gasteiger charge is -2.35. The average Bonchev–Trinajstić information content (AvgIpc) is 3.14. The van der Waals surface area contributed by atoms with Crippen molar-refractivity contribution in [1.82, 2.24) is 0 Å². The lowest BCUT2D eigenvalue weighted by molar-refractivity contribution is -0.119. The standard InChI is InChI=1S/C21H22N2O4S/c1-2-19(25)23(15-7-9-16(24)10-8-15)17-11-18(28-20(17)21(26)27)14-5-3-13(12-22)4-6-14/h3-6,11,15-16,24H,2,7-10H2,1H3,(H,26,27). The maximum atomic E-state index is 12.7. The first-order chi connectivity index (χ1) is 13.4. The molecule has 6 nitrogen and oxygen atoms in total. The van der Waals surface area contributed by atoms with Crippen LogP contribution in [-0.2, 0) is 4.79 Å². The number of carbonyl (C=O) groups is 2. The van der Waals surface area contributed by atoms with Crippen LogP contribution in [-0.4, -0.2) is 34.2 Å². The number of amides is 1. The third-order valence-electron chi connectivity index (χ3n) is 5.07. The number of aromatic carboxylic acids is 1. The van der Waals surface area contributed by atoms with E-state index in [0.717, 1.165) is 21.8 Å². The first kappa shape index (κ1) is 20.1. The molecule has 1 heterocycles. The van der Waals surface area contributed by atoms with Crippen LogP contribution in [0.3, 0.4) is 0 Å². The zero-order chi connectivity index (χ0) is 20.3. The quantitative estimate of drug-likeness (QED) is 0.792. The van der Waals surface area contributed by atoms with Crippen molar-refractivity contribution in [3.05, 3.63) is 40.8 Å². The first-order valence-electron chi connectivity index (χ1n) is 9.32. The molecule has 0 spiro atoms. The molecule has 3 rings (SSSR count). The van der Waals surface area contributed by atoms with Gasteiger partial charge in [0.25, 0.3) is 0 Å². The second-order valence-electron chi connectivity index (χ2n) is 6.90. The van der Waals surface area contributed by atoms with Gasteiger partial charge in [0.05, 0.1) is 23.4 Å². The molecule has 7 heteroatoms. The minimum atomic E-state index is -1.07. The largest absolute Gasteiger partial charge is 0.477 e. The second-order valence-corrected chi connectivity index (χ2v) is 7.95. The SMILES string of the molecule is CCC(=O)N(c1cc(-c2ccc(C#N)cc2)sc1C(=O)O)C1CCC(O)CC1. The Balaban J connectivity index is 2.03. The Morgan fingerprint density at radius 3 is 2.39 bits per heavy atom. The summed E-state index contributed by atoms with van der Waals surface area (Å²) >= 11 is 1.13. The Morgan fingerprint density at radius 2 is 1.86 bits per heavy atom. The first-order valence-corrected chi connectivity index (χ1v) is 10.1. The minimum Gasteiger partial charge on any atom is -0.477 e. The number of nitrogens with zero attached hydrogens (tertiary/aromatic N) is 2. The van der Waals surface area contributed by atoms with Gasteiger partial charge in [-0.3, -0.25) is 4.79 Å². The molecule has 1 aromatic heterocycles. The number of hydrogen-bond acceptors (Lipinski definition) is 5. The predicted octanol–water partition coefficient (Wildman–Crippen LogP) is 4.03. The minimum absolute atomic E-state index is 0.114. The van der Waals surface area contributed by atoms with Crippen molar-refractivity contribution in [1.29, 1.82) is 5.26 Å². The highest BCUT2D eigenvalue weighted by Crippen LogP contribution is 2.40. The number of thiophene rings is 1. The van der Waals surface area contributed by atoms with Gasteiger partial charge in [0, 0.05) is 17.3 Å². The number of anilines is 1. The summed E-state index contributed by atoms with van der Waals surface area (Å²) in [5.41, 5.74) is 1.76.